The minimum atomic E-state index is -1.25. The number of anilines is 1. The summed E-state index contributed by atoms with van der Waals surface area (Å²) in [5.41, 5.74) is 5.35. The molecule has 8 nitrogen and oxygen atoms in total. The van der Waals surface area contributed by atoms with E-state index in [9.17, 15) is 19.5 Å². The number of carbonyl (C=O) groups excluding carboxylic acids is 1. The fourth-order valence-corrected chi connectivity index (χ4v) is 2.58. The molecule has 140 valence electrons. The lowest BCUT2D eigenvalue weighted by Gasteiger charge is -2.32. The first-order valence-corrected chi connectivity index (χ1v) is 7.71. The lowest BCUT2D eigenvalue weighted by Crippen LogP contribution is -2.57. The number of carboxylic acid groups (broad SMARTS) is 1. The van der Waals surface area contributed by atoms with E-state index >= 15 is 0 Å². The van der Waals surface area contributed by atoms with Crippen molar-refractivity contribution in [1.29, 1.82) is 0 Å². The Bertz CT molecular complexity index is 852. The minimum Gasteiger partial charge on any atom is -0.480 e. The zero-order valence-corrected chi connectivity index (χ0v) is 15.4. The molecular weight excluding hydrogens is 360 g/mol. The Morgan fingerprint density at radius 2 is 1.81 bits per heavy atom. The molecule has 0 unspecified atom stereocenters. The predicted octanol–water partition coefficient (Wildman–Crippen LogP) is 1.51. The van der Waals surface area contributed by atoms with Gasteiger partial charge in [-0.1, -0.05) is 44.2 Å². The van der Waals surface area contributed by atoms with Crippen LogP contribution in [0.15, 0.2) is 41.3 Å². The van der Waals surface area contributed by atoms with Crippen molar-refractivity contribution in [2.24, 2.45) is 5.92 Å². The highest BCUT2D eigenvalue weighted by Gasteiger charge is 2.34. The van der Waals surface area contributed by atoms with E-state index in [0.717, 1.165) is 9.69 Å². The molecule has 0 spiro atoms. The van der Waals surface area contributed by atoms with E-state index < -0.39 is 29.4 Å². The van der Waals surface area contributed by atoms with Crippen molar-refractivity contribution in [3.63, 3.8) is 0 Å². The van der Waals surface area contributed by atoms with Crippen molar-refractivity contribution in [3.8, 4) is 11.4 Å². The van der Waals surface area contributed by atoms with Gasteiger partial charge in [0, 0.05) is 12.5 Å². The number of rotatable bonds is 5. The van der Waals surface area contributed by atoms with Crippen molar-refractivity contribution >= 4 is 30.0 Å². The summed E-state index contributed by atoms with van der Waals surface area (Å²) in [6.07, 6.45) is 1.20. The van der Waals surface area contributed by atoms with Crippen molar-refractivity contribution in [2.75, 3.05) is 10.7 Å². The van der Waals surface area contributed by atoms with Crippen LogP contribution >= 0.6 is 12.4 Å². The maximum absolute atomic E-state index is 12.7. The molecule has 0 aliphatic carbocycles. The molecule has 0 saturated heterocycles. The second kappa shape index (κ2) is 8.48. The molecule has 0 fully saturated rings. The van der Waals surface area contributed by atoms with Crippen LogP contribution in [-0.4, -0.2) is 32.7 Å². The quantitative estimate of drug-likeness (QED) is 0.811. The van der Waals surface area contributed by atoms with Crippen molar-refractivity contribution in [1.82, 2.24) is 9.66 Å². The lowest BCUT2D eigenvalue weighted by atomic mass is 10.0. The molecule has 0 aliphatic rings. The third-order valence-corrected chi connectivity index (χ3v) is 3.68. The first kappa shape index (κ1) is 21.2. The Morgan fingerprint density at radius 3 is 2.27 bits per heavy atom. The van der Waals surface area contributed by atoms with Gasteiger partial charge in [-0.15, -0.1) is 12.4 Å². The van der Waals surface area contributed by atoms with E-state index in [1.54, 1.807) is 44.2 Å². The average molecular weight is 381 g/mol. The van der Waals surface area contributed by atoms with Gasteiger partial charge >= 0.3 is 5.97 Å². The van der Waals surface area contributed by atoms with Crippen LogP contribution in [0.1, 0.15) is 20.8 Å². The predicted molar refractivity (Wildman–Crippen MR) is 101 cm³/mol. The normalized spacial score (nSPS) is 11.5. The highest BCUT2D eigenvalue weighted by Crippen LogP contribution is 2.19. The summed E-state index contributed by atoms with van der Waals surface area (Å²) in [4.78, 5) is 40.9. The first-order valence-electron chi connectivity index (χ1n) is 7.71. The number of carbonyl (C=O) groups is 2. The summed E-state index contributed by atoms with van der Waals surface area (Å²) in [6, 6.07) is 7.45. The topological polar surface area (TPSA) is 119 Å². The number of amides is 1. The Balaban J connectivity index is 0.00000338. The molecule has 0 aliphatic heterocycles. The molecule has 1 amide bonds. The van der Waals surface area contributed by atoms with Crippen LogP contribution in [0.2, 0.25) is 0 Å². The summed E-state index contributed by atoms with van der Waals surface area (Å²) in [5, 5.41) is 10.5. The Morgan fingerprint density at radius 1 is 1.23 bits per heavy atom. The van der Waals surface area contributed by atoms with Gasteiger partial charge in [0.1, 0.15) is 5.69 Å². The number of hydrogen-bond donors (Lipinski definition) is 2. The maximum Gasteiger partial charge on any atom is 0.328 e. The third kappa shape index (κ3) is 4.02. The minimum absolute atomic E-state index is 0. The van der Waals surface area contributed by atoms with Crippen LogP contribution in [0.5, 0.6) is 0 Å². The van der Waals surface area contributed by atoms with Crippen molar-refractivity contribution in [2.45, 2.75) is 26.8 Å². The number of aromatic nitrogens is 2. The van der Waals surface area contributed by atoms with Crippen LogP contribution in [0.3, 0.4) is 0 Å². The van der Waals surface area contributed by atoms with Gasteiger partial charge in [0.2, 0.25) is 5.91 Å². The molecule has 2 rings (SSSR count). The van der Waals surface area contributed by atoms with E-state index in [2.05, 4.69) is 4.98 Å². The molecule has 1 heterocycles. The molecule has 0 radical (unpaired) electrons. The number of carboxylic acids is 1. The van der Waals surface area contributed by atoms with Crippen LogP contribution in [0.25, 0.3) is 11.4 Å². The van der Waals surface area contributed by atoms with Gasteiger partial charge in [0.15, 0.2) is 11.9 Å². The maximum atomic E-state index is 12.7. The Kier molecular flexibility index (Phi) is 6.91. The van der Waals surface area contributed by atoms with Gasteiger partial charge in [-0.05, 0) is 5.92 Å². The number of nitrogen functional groups attached to an aromatic ring is 1. The highest BCUT2D eigenvalue weighted by atomic mass is 35.5. The monoisotopic (exact) mass is 380 g/mol. The standard InChI is InChI=1S/C17H20N4O4.ClH/c1-10(2)14(17(24)25)20(11(3)22)21-15(12-7-5-4-6-8-12)19-9-13(18)16(21)23;/h4-10,14H,18H2,1-3H3,(H,24,25);1H/t14-;/m0./s1. The zero-order chi connectivity index (χ0) is 18.7. The van der Waals surface area contributed by atoms with Crippen LogP contribution in [-0.2, 0) is 9.59 Å². The molecule has 9 heteroatoms. The number of hydrogen-bond acceptors (Lipinski definition) is 5. The largest absolute Gasteiger partial charge is 0.480 e. The molecule has 1 aromatic carbocycles. The summed E-state index contributed by atoms with van der Waals surface area (Å²) in [7, 11) is 0. The second-order valence-corrected chi connectivity index (χ2v) is 5.91. The number of halogens is 1. The fourth-order valence-electron chi connectivity index (χ4n) is 2.58. The van der Waals surface area contributed by atoms with Gasteiger partial charge in [-0.25, -0.2) is 14.8 Å². The van der Waals surface area contributed by atoms with E-state index in [4.69, 9.17) is 5.73 Å². The summed E-state index contributed by atoms with van der Waals surface area (Å²) < 4.78 is 0.950. The molecule has 26 heavy (non-hydrogen) atoms. The number of nitrogens with two attached hydrogens (primary N) is 1. The van der Waals surface area contributed by atoms with E-state index in [-0.39, 0.29) is 23.9 Å². The third-order valence-electron chi connectivity index (χ3n) is 3.68. The molecule has 2 aromatic rings. The van der Waals surface area contributed by atoms with Gasteiger partial charge in [0.25, 0.3) is 5.56 Å². The van der Waals surface area contributed by atoms with E-state index in [1.807, 2.05) is 0 Å². The van der Waals surface area contributed by atoms with Crippen LogP contribution < -0.4 is 16.3 Å². The van der Waals surface area contributed by atoms with Crippen molar-refractivity contribution < 1.29 is 14.7 Å². The number of aliphatic carboxylic acids is 1. The molecule has 3 N–H and O–H groups in total. The second-order valence-electron chi connectivity index (χ2n) is 5.91. The van der Waals surface area contributed by atoms with Crippen LogP contribution in [0.4, 0.5) is 5.69 Å². The molecule has 1 atom stereocenters. The highest BCUT2D eigenvalue weighted by molar-refractivity contribution is 5.92. The average Bonchev–Trinajstić information content (AvgIpc) is 2.55. The van der Waals surface area contributed by atoms with Gasteiger partial charge in [-0.2, -0.15) is 4.68 Å². The van der Waals surface area contributed by atoms with E-state index in [1.165, 1.54) is 13.1 Å². The summed E-state index contributed by atoms with van der Waals surface area (Å²) >= 11 is 0. The number of nitrogens with zero attached hydrogens (tertiary/aromatic N) is 3. The summed E-state index contributed by atoms with van der Waals surface area (Å²) in [6.45, 7) is 4.51. The zero-order valence-electron chi connectivity index (χ0n) is 14.6. The van der Waals surface area contributed by atoms with Gasteiger partial charge < -0.3 is 10.8 Å². The number of benzene rings is 1. The van der Waals surface area contributed by atoms with Gasteiger partial charge in [0.05, 0.1) is 6.20 Å². The van der Waals surface area contributed by atoms with Crippen LogP contribution in [0, 0.1) is 5.92 Å². The first-order chi connectivity index (χ1) is 11.8. The molecule has 1 aromatic heterocycles. The fraction of sp³-hybridized carbons (Fsp3) is 0.294. The van der Waals surface area contributed by atoms with Gasteiger partial charge in [-0.3, -0.25) is 9.59 Å². The summed E-state index contributed by atoms with van der Waals surface area (Å²) in [5.74, 6) is -2.13. The smallest absolute Gasteiger partial charge is 0.328 e. The molecular formula is C17H21ClN4O4. The lowest BCUT2D eigenvalue weighted by molar-refractivity contribution is -0.142. The molecule has 0 saturated carbocycles. The van der Waals surface area contributed by atoms with E-state index in [0.29, 0.717) is 5.56 Å². The SMILES string of the molecule is CC(=O)N([C@H](C(=O)O)C(C)C)n1c(-c2ccccc2)ncc(N)c1=O.Cl. The molecule has 0 bridgehead atoms. The van der Waals surface area contributed by atoms with Crippen molar-refractivity contribution in [3.05, 3.63) is 46.9 Å². The Labute approximate surface area is 156 Å². The Hall–Kier alpha value is -2.87.